The average Bonchev–Trinajstić information content (AvgIpc) is 2.22. The number of ether oxygens (including phenoxy) is 3. The molecule has 0 spiro atoms. The number of hydrogen-bond donors (Lipinski definition) is 0. The van der Waals surface area contributed by atoms with Crippen molar-refractivity contribution < 1.29 is 14.2 Å². The minimum absolute atomic E-state index is 0.224. The highest BCUT2D eigenvalue weighted by Crippen LogP contribution is 2.00. The Morgan fingerprint density at radius 1 is 1.07 bits per heavy atom. The zero-order valence-electron chi connectivity index (χ0n) is 9.75. The molecule has 0 amide bonds. The van der Waals surface area contributed by atoms with Crippen LogP contribution in [0.2, 0.25) is 0 Å². The summed E-state index contributed by atoms with van der Waals surface area (Å²) in [6.45, 7) is 7.15. The van der Waals surface area contributed by atoms with Crippen LogP contribution in [0.4, 0.5) is 0 Å². The molecular formula is C11H24O3. The fourth-order valence-electron chi connectivity index (χ4n) is 1.04. The summed E-state index contributed by atoms with van der Waals surface area (Å²) in [6, 6.07) is 0. The predicted molar refractivity (Wildman–Crippen MR) is 57.6 cm³/mol. The third kappa shape index (κ3) is 8.48. The zero-order chi connectivity index (χ0) is 10.6. The van der Waals surface area contributed by atoms with Gasteiger partial charge in [-0.15, -0.1) is 0 Å². The molecule has 0 fully saturated rings. The monoisotopic (exact) mass is 204 g/mol. The second-order valence-electron chi connectivity index (χ2n) is 3.32. The molecule has 0 aromatic rings. The molecule has 0 aliphatic heterocycles. The highest BCUT2D eigenvalue weighted by molar-refractivity contribution is 4.53. The van der Waals surface area contributed by atoms with Gasteiger partial charge >= 0.3 is 0 Å². The number of hydrogen-bond acceptors (Lipinski definition) is 3. The van der Waals surface area contributed by atoms with Crippen molar-refractivity contribution in [3.8, 4) is 0 Å². The van der Waals surface area contributed by atoms with Gasteiger partial charge in [0.15, 0.2) is 0 Å². The van der Waals surface area contributed by atoms with Crippen LogP contribution in [0.25, 0.3) is 0 Å². The van der Waals surface area contributed by atoms with Gasteiger partial charge in [0, 0.05) is 13.7 Å². The molecule has 0 aliphatic rings. The summed E-state index contributed by atoms with van der Waals surface area (Å²) in [5, 5.41) is 0. The van der Waals surface area contributed by atoms with Crippen LogP contribution in [0.15, 0.2) is 0 Å². The van der Waals surface area contributed by atoms with E-state index in [2.05, 4.69) is 13.8 Å². The van der Waals surface area contributed by atoms with E-state index in [9.17, 15) is 0 Å². The predicted octanol–water partition coefficient (Wildman–Crippen LogP) is 2.24. The van der Waals surface area contributed by atoms with Gasteiger partial charge in [-0.2, -0.15) is 0 Å². The number of unbranched alkanes of at least 4 members (excludes halogenated alkanes) is 1. The lowest BCUT2D eigenvalue weighted by Crippen LogP contribution is -2.21. The average molecular weight is 204 g/mol. The summed E-state index contributed by atoms with van der Waals surface area (Å²) >= 11 is 0. The Labute approximate surface area is 87.7 Å². The van der Waals surface area contributed by atoms with Crippen molar-refractivity contribution in [2.45, 2.75) is 39.2 Å². The molecule has 1 unspecified atom stereocenters. The van der Waals surface area contributed by atoms with E-state index in [1.807, 2.05) is 0 Å². The van der Waals surface area contributed by atoms with Crippen LogP contribution in [-0.2, 0) is 14.2 Å². The van der Waals surface area contributed by atoms with Gasteiger partial charge < -0.3 is 14.2 Å². The smallest absolute Gasteiger partial charge is 0.0807 e. The van der Waals surface area contributed by atoms with Crippen LogP contribution in [0.5, 0.6) is 0 Å². The first-order chi connectivity index (χ1) is 6.85. The maximum atomic E-state index is 5.56. The minimum Gasteiger partial charge on any atom is -0.382 e. The molecule has 0 aromatic heterocycles. The van der Waals surface area contributed by atoms with Crippen molar-refractivity contribution in [1.82, 2.24) is 0 Å². The lowest BCUT2D eigenvalue weighted by atomic mass is 10.3. The van der Waals surface area contributed by atoms with E-state index >= 15 is 0 Å². The SMILES string of the molecule is CCCCOCC(CC)OCCOC. The largest absolute Gasteiger partial charge is 0.382 e. The highest BCUT2D eigenvalue weighted by Gasteiger charge is 2.05. The Morgan fingerprint density at radius 3 is 2.43 bits per heavy atom. The van der Waals surface area contributed by atoms with Crippen LogP contribution >= 0.6 is 0 Å². The van der Waals surface area contributed by atoms with Crippen LogP contribution < -0.4 is 0 Å². The maximum Gasteiger partial charge on any atom is 0.0807 e. The van der Waals surface area contributed by atoms with E-state index in [1.54, 1.807) is 7.11 Å². The first kappa shape index (κ1) is 13.9. The summed E-state index contributed by atoms with van der Waals surface area (Å²) in [7, 11) is 1.68. The molecule has 3 heteroatoms. The van der Waals surface area contributed by atoms with Crippen molar-refractivity contribution in [1.29, 1.82) is 0 Å². The molecule has 0 radical (unpaired) electrons. The summed E-state index contributed by atoms with van der Waals surface area (Å²) in [5.74, 6) is 0. The molecule has 0 heterocycles. The third-order valence-corrected chi connectivity index (χ3v) is 2.04. The van der Waals surface area contributed by atoms with Crippen LogP contribution in [-0.4, -0.2) is 39.6 Å². The van der Waals surface area contributed by atoms with Gasteiger partial charge in [0.2, 0.25) is 0 Å². The van der Waals surface area contributed by atoms with Crippen LogP contribution in [0.1, 0.15) is 33.1 Å². The van der Waals surface area contributed by atoms with Crippen molar-refractivity contribution in [3.05, 3.63) is 0 Å². The summed E-state index contributed by atoms with van der Waals surface area (Å²) in [4.78, 5) is 0. The molecule has 1 atom stereocenters. The Hall–Kier alpha value is -0.120. The fourth-order valence-corrected chi connectivity index (χ4v) is 1.04. The Balaban J connectivity index is 3.28. The third-order valence-electron chi connectivity index (χ3n) is 2.04. The number of rotatable bonds is 10. The molecule has 14 heavy (non-hydrogen) atoms. The van der Waals surface area contributed by atoms with E-state index in [0.29, 0.717) is 19.8 Å². The highest BCUT2D eigenvalue weighted by atomic mass is 16.5. The molecule has 0 aliphatic carbocycles. The van der Waals surface area contributed by atoms with E-state index in [0.717, 1.165) is 19.4 Å². The van der Waals surface area contributed by atoms with Gasteiger partial charge in [0.25, 0.3) is 0 Å². The van der Waals surface area contributed by atoms with Crippen molar-refractivity contribution in [2.75, 3.05) is 33.5 Å². The molecule has 0 bridgehead atoms. The van der Waals surface area contributed by atoms with Gasteiger partial charge in [-0.3, -0.25) is 0 Å². The minimum atomic E-state index is 0.224. The van der Waals surface area contributed by atoms with E-state index in [1.165, 1.54) is 6.42 Å². The van der Waals surface area contributed by atoms with Crippen LogP contribution in [0.3, 0.4) is 0 Å². The van der Waals surface area contributed by atoms with E-state index in [4.69, 9.17) is 14.2 Å². The maximum absolute atomic E-state index is 5.56. The van der Waals surface area contributed by atoms with E-state index < -0.39 is 0 Å². The van der Waals surface area contributed by atoms with Gasteiger partial charge in [-0.1, -0.05) is 20.3 Å². The summed E-state index contributed by atoms with van der Waals surface area (Å²) in [6.07, 6.45) is 3.54. The van der Waals surface area contributed by atoms with Crippen LogP contribution in [0, 0.1) is 0 Å². The lowest BCUT2D eigenvalue weighted by molar-refractivity contribution is -0.0342. The zero-order valence-corrected chi connectivity index (χ0v) is 9.75. The van der Waals surface area contributed by atoms with Gasteiger partial charge in [0.05, 0.1) is 25.9 Å². The quantitative estimate of drug-likeness (QED) is 0.511. The molecule has 86 valence electrons. The molecule has 0 aromatic carbocycles. The number of methoxy groups -OCH3 is 1. The fraction of sp³-hybridized carbons (Fsp3) is 1.00. The molecule has 0 saturated heterocycles. The van der Waals surface area contributed by atoms with Gasteiger partial charge in [0.1, 0.15) is 0 Å². The molecule has 0 saturated carbocycles. The first-order valence-corrected chi connectivity index (χ1v) is 5.53. The Kier molecular flexibility index (Phi) is 10.9. The van der Waals surface area contributed by atoms with Gasteiger partial charge in [-0.25, -0.2) is 0 Å². The molecule has 3 nitrogen and oxygen atoms in total. The summed E-state index contributed by atoms with van der Waals surface area (Å²) < 4.78 is 16.0. The normalized spacial score (nSPS) is 13.1. The topological polar surface area (TPSA) is 27.7 Å². The van der Waals surface area contributed by atoms with Crippen molar-refractivity contribution in [2.24, 2.45) is 0 Å². The molecule has 0 rings (SSSR count). The van der Waals surface area contributed by atoms with E-state index in [-0.39, 0.29) is 6.10 Å². The lowest BCUT2D eigenvalue weighted by Gasteiger charge is -2.15. The van der Waals surface area contributed by atoms with Crippen molar-refractivity contribution in [3.63, 3.8) is 0 Å². The Bertz CT molecular complexity index is 107. The van der Waals surface area contributed by atoms with Crippen molar-refractivity contribution >= 4 is 0 Å². The Morgan fingerprint density at radius 2 is 1.86 bits per heavy atom. The second-order valence-corrected chi connectivity index (χ2v) is 3.32. The summed E-state index contributed by atoms with van der Waals surface area (Å²) in [5.41, 5.74) is 0. The second kappa shape index (κ2) is 11.0. The van der Waals surface area contributed by atoms with Gasteiger partial charge in [-0.05, 0) is 12.8 Å². The first-order valence-electron chi connectivity index (χ1n) is 5.53. The molecule has 0 N–H and O–H groups in total. The molecular weight excluding hydrogens is 180 g/mol. The standard InChI is InChI=1S/C11H24O3/c1-4-6-7-13-10-11(5-2)14-9-8-12-3/h11H,4-10H2,1-3H3.